The molecule has 1 aliphatic rings. The molecular formula is C10H14BrN3. The molecule has 1 unspecified atom stereocenters. The maximum absolute atomic E-state index is 7.84. The van der Waals surface area contributed by atoms with E-state index in [0.29, 0.717) is 16.6 Å². The van der Waals surface area contributed by atoms with Crippen LogP contribution in [0.5, 0.6) is 0 Å². The third-order valence-corrected chi connectivity index (χ3v) is 2.94. The van der Waals surface area contributed by atoms with Crippen molar-refractivity contribution in [3.8, 4) is 0 Å². The van der Waals surface area contributed by atoms with E-state index in [1.165, 1.54) is 6.42 Å². The Hall–Kier alpha value is -0.640. The molecule has 0 radical (unpaired) electrons. The summed E-state index contributed by atoms with van der Waals surface area (Å²) < 4.78 is 15.8. The van der Waals surface area contributed by atoms with E-state index in [1.54, 1.807) is 0 Å². The highest BCUT2D eigenvalue weighted by atomic mass is 79.9. The van der Waals surface area contributed by atoms with Crippen LogP contribution in [-0.2, 0) is 0 Å². The van der Waals surface area contributed by atoms with Crippen molar-refractivity contribution in [2.45, 2.75) is 32.2 Å². The number of piperidine rings is 1. The zero-order valence-corrected chi connectivity index (χ0v) is 9.71. The van der Waals surface area contributed by atoms with Gasteiger partial charge in [0.15, 0.2) is 4.73 Å². The van der Waals surface area contributed by atoms with Crippen LogP contribution in [0, 0.1) is 0 Å². The fourth-order valence-corrected chi connectivity index (χ4v) is 2.07. The van der Waals surface area contributed by atoms with E-state index in [4.69, 9.17) is 2.74 Å². The molecule has 1 saturated heterocycles. The van der Waals surface area contributed by atoms with E-state index in [-0.39, 0.29) is 12.2 Å². The average molecular weight is 258 g/mol. The van der Waals surface area contributed by atoms with Gasteiger partial charge in [-0.3, -0.25) is 0 Å². The van der Waals surface area contributed by atoms with Crippen LogP contribution in [0.2, 0.25) is 0 Å². The van der Waals surface area contributed by atoms with Crippen molar-refractivity contribution < 1.29 is 2.74 Å². The molecular weight excluding hydrogens is 242 g/mol. The maximum Gasteiger partial charge on any atom is 0.198 e. The lowest BCUT2D eigenvalue weighted by Crippen LogP contribution is -2.38. The molecule has 76 valence electrons. The number of rotatable bonds is 1. The minimum atomic E-state index is -0.0188. The molecule has 2 heterocycles. The first kappa shape index (κ1) is 7.63. The van der Waals surface area contributed by atoms with Crippen molar-refractivity contribution in [2.24, 2.45) is 0 Å². The van der Waals surface area contributed by atoms with Gasteiger partial charge in [0.1, 0.15) is 5.82 Å². The van der Waals surface area contributed by atoms with Gasteiger partial charge >= 0.3 is 0 Å². The van der Waals surface area contributed by atoms with Gasteiger partial charge in [0, 0.05) is 18.8 Å². The second kappa shape index (κ2) is 4.26. The highest BCUT2D eigenvalue weighted by molar-refractivity contribution is 9.10. The van der Waals surface area contributed by atoms with E-state index >= 15 is 0 Å². The summed E-state index contributed by atoms with van der Waals surface area (Å²) in [6.45, 7) is 3.05. The van der Waals surface area contributed by atoms with Gasteiger partial charge in [-0.2, -0.15) is 0 Å². The van der Waals surface area contributed by atoms with Gasteiger partial charge in [-0.1, -0.05) is 0 Å². The zero-order valence-electron chi connectivity index (χ0n) is 10.1. The van der Waals surface area contributed by atoms with Crippen molar-refractivity contribution in [1.29, 1.82) is 0 Å². The lowest BCUT2D eigenvalue weighted by atomic mass is 10.0. The molecule has 1 aromatic rings. The van der Waals surface area contributed by atoms with E-state index in [2.05, 4.69) is 37.7 Å². The van der Waals surface area contributed by atoms with Crippen LogP contribution >= 0.6 is 15.9 Å². The van der Waals surface area contributed by atoms with Gasteiger partial charge in [0.25, 0.3) is 0 Å². The molecule has 3 nitrogen and oxygen atoms in total. The maximum atomic E-state index is 7.84. The molecule has 1 atom stereocenters. The second-order valence-electron chi connectivity index (χ2n) is 3.59. The Morgan fingerprint density at radius 2 is 2.50 bits per heavy atom. The lowest BCUT2D eigenvalue weighted by molar-refractivity contribution is 0.480. The van der Waals surface area contributed by atoms with E-state index < -0.39 is 0 Å². The van der Waals surface area contributed by atoms with Gasteiger partial charge in [0.05, 0.1) is 2.74 Å². The van der Waals surface area contributed by atoms with Crippen LogP contribution in [0.3, 0.4) is 0 Å². The third kappa shape index (κ3) is 2.05. The molecule has 4 heteroatoms. The summed E-state index contributed by atoms with van der Waals surface area (Å²) in [5.74, 6) is 0.582. The Morgan fingerprint density at radius 3 is 3.29 bits per heavy atom. The van der Waals surface area contributed by atoms with Crippen LogP contribution in [0.25, 0.3) is 0 Å². The molecule has 2 rings (SSSR count). The molecule has 1 aromatic heterocycles. The summed E-state index contributed by atoms with van der Waals surface area (Å²) >= 11 is 3.18. The number of nitrogens with zero attached hydrogens (tertiary/aromatic N) is 3. The quantitative estimate of drug-likeness (QED) is 0.725. The Labute approximate surface area is 95.5 Å². The number of aromatic nitrogens is 2. The summed E-state index contributed by atoms with van der Waals surface area (Å²) in [6, 6.07) is 0.510. The Morgan fingerprint density at radius 1 is 1.64 bits per heavy atom. The fraction of sp³-hybridized carbons (Fsp3) is 0.600. The van der Waals surface area contributed by atoms with Crippen LogP contribution < -0.4 is 4.90 Å². The predicted molar refractivity (Wildman–Crippen MR) is 60.4 cm³/mol. The standard InChI is InChI=1S/C10H14BrN3/c1-8-4-2-3-7-14(8)9-5-6-12-10(11)13-9/h5-6,8H,2-4,7H2,1H3/i5D,6D. The fourth-order valence-electron chi connectivity index (χ4n) is 1.81. The third-order valence-electron chi connectivity index (χ3n) is 2.59. The van der Waals surface area contributed by atoms with Crippen LogP contribution in [0.15, 0.2) is 16.9 Å². The normalized spacial score (nSPS) is 24.4. The molecule has 0 N–H and O–H groups in total. The summed E-state index contributed by atoms with van der Waals surface area (Å²) in [6.07, 6.45) is 3.45. The molecule has 0 bridgehead atoms. The Bertz CT molecular complexity index is 400. The van der Waals surface area contributed by atoms with Crippen molar-refractivity contribution in [2.75, 3.05) is 11.4 Å². The summed E-state index contributed by atoms with van der Waals surface area (Å²) in [5.41, 5.74) is 0. The molecule has 0 aromatic carbocycles. The van der Waals surface area contributed by atoms with Crippen LogP contribution in [0.1, 0.15) is 28.9 Å². The van der Waals surface area contributed by atoms with Gasteiger partial charge < -0.3 is 4.90 Å². The minimum Gasteiger partial charge on any atom is -0.354 e. The first-order valence-electron chi connectivity index (χ1n) is 5.87. The van der Waals surface area contributed by atoms with E-state index in [0.717, 1.165) is 19.4 Å². The van der Waals surface area contributed by atoms with Gasteiger partial charge in [0.2, 0.25) is 0 Å². The predicted octanol–water partition coefficient (Wildman–Crippen LogP) is 2.62. The zero-order chi connectivity index (χ0) is 11.7. The number of hydrogen-bond donors (Lipinski definition) is 0. The van der Waals surface area contributed by atoms with E-state index in [9.17, 15) is 0 Å². The molecule has 1 aliphatic heterocycles. The van der Waals surface area contributed by atoms with Gasteiger partial charge in [-0.25, -0.2) is 9.97 Å². The van der Waals surface area contributed by atoms with Gasteiger partial charge in [-0.15, -0.1) is 0 Å². The highest BCUT2D eigenvalue weighted by Crippen LogP contribution is 2.22. The Kier molecular flexibility index (Phi) is 2.32. The van der Waals surface area contributed by atoms with Crippen LogP contribution in [0.4, 0.5) is 5.82 Å². The Balaban J connectivity index is 2.38. The van der Waals surface area contributed by atoms with Crippen LogP contribution in [-0.4, -0.2) is 22.6 Å². The summed E-state index contributed by atoms with van der Waals surface area (Å²) in [7, 11) is 0. The summed E-state index contributed by atoms with van der Waals surface area (Å²) in [5, 5.41) is 0. The second-order valence-corrected chi connectivity index (χ2v) is 4.30. The SMILES string of the molecule is [2H]c1nc(Br)nc(N2CCCCC2C)c1[2H]. The largest absolute Gasteiger partial charge is 0.354 e. The smallest absolute Gasteiger partial charge is 0.198 e. The van der Waals surface area contributed by atoms with Crippen molar-refractivity contribution in [3.63, 3.8) is 0 Å². The monoisotopic (exact) mass is 257 g/mol. The van der Waals surface area contributed by atoms with Crippen molar-refractivity contribution in [1.82, 2.24) is 9.97 Å². The first-order valence-corrected chi connectivity index (χ1v) is 5.66. The lowest BCUT2D eigenvalue weighted by Gasteiger charge is -2.34. The average Bonchev–Trinajstić information content (AvgIpc) is 2.24. The first-order chi connectivity index (χ1) is 7.59. The molecule has 0 spiro atoms. The molecule has 0 aliphatic carbocycles. The van der Waals surface area contributed by atoms with Crippen molar-refractivity contribution in [3.05, 3.63) is 16.9 Å². The highest BCUT2D eigenvalue weighted by Gasteiger charge is 2.19. The topological polar surface area (TPSA) is 29.0 Å². The van der Waals surface area contributed by atoms with Gasteiger partial charge in [-0.05, 0) is 48.2 Å². The molecule has 14 heavy (non-hydrogen) atoms. The van der Waals surface area contributed by atoms with E-state index in [1.807, 2.05) is 0 Å². The number of halogens is 1. The molecule has 0 amide bonds. The van der Waals surface area contributed by atoms with Crippen molar-refractivity contribution >= 4 is 21.7 Å². The number of hydrogen-bond acceptors (Lipinski definition) is 3. The summed E-state index contributed by atoms with van der Waals surface area (Å²) in [4.78, 5) is 10.2. The molecule has 0 saturated carbocycles. The minimum absolute atomic E-state index is 0.0188. The number of anilines is 1. The molecule has 1 fully saturated rings.